The molecule has 2 heterocycles. The van der Waals surface area contributed by atoms with Gasteiger partial charge in [-0.25, -0.2) is 17.9 Å². The molecule has 0 radical (unpaired) electrons. The number of fused-ring (bicyclic) bond motifs is 1. The fourth-order valence-corrected chi connectivity index (χ4v) is 3.69. The van der Waals surface area contributed by atoms with E-state index in [9.17, 15) is 13.2 Å². The molecule has 1 atom stereocenters. The van der Waals surface area contributed by atoms with Crippen molar-refractivity contribution < 1.29 is 22.7 Å². The van der Waals surface area contributed by atoms with Crippen molar-refractivity contribution in [1.29, 1.82) is 0 Å². The first-order valence-electron chi connectivity index (χ1n) is 8.16. The molecule has 1 aromatic rings. The van der Waals surface area contributed by atoms with E-state index in [-0.39, 0.29) is 16.8 Å². The second kappa shape index (κ2) is 7.65. The number of carbonyl (C=O) groups is 1. The van der Waals surface area contributed by atoms with Crippen molar-refractivity contribution in [3.8, 4) is 5.75 Å². The van der Waals surface area contributed by atoms with Crippen LogP contribution < -0.4 is 20.5 Å². The molecule has 0 fully saturated rings. The van der Waals surface area contributed by atoms with Gasteiger partial charge in [-0.2, -0.15) is 0 Å². The fourth-order valence-electron chi connectivity index (χ4n) is 2.74. The number of ether oxygens (including phenoxy) is 2. The number of nitrogens with zero attached hydrogens (tertiary/aromatic N) is 1. The predicted molar refractivity (Wildman–Crippen MR) is 95.0 cm³/mol. The smallest absolute Gasteiger partial charge is 0.329 e. The Morgan fingerprint density at radius 3 is 2.81 bits per heavy atom. The highest BCUT2D eigenvalue weighted by molar-refractivity contribution is 7.94. The van der Waals surface area contributed by atoms with Crippen molar-refractivity contribution in [2.45, 2.75) is 18.9 Å². The van der Waals surface area contributed by atoms with Crippen molar-refractivity contribution in [3.63, 3.8) is 0 Å². The van der Waals surface area contributed by atoms with Crippen LogP contribution in [0.25, 0.3) is 0 Å². The molecule has 0 aliphatic carbocycles. The molecule has 0 saturated carbocycles. The molecule has 10 heteroatoms. The van der Waals surface area contributed by atoms with E-state index < -0.39 is 16.1 Å². The van der Waals surface area contributed by atoms with Gasteiger partial charge in [0.05, 0.1) is 19.3 Å². The zero-order valence-electron chi connectivity index (χ0n) is 14.0. The number of urea groups is 1. The highest BCUT2D eigenvalue weighted by atomic mass is 32.2. The minimum atomic E-state index is -4.21. The highest BCUT2D eigenvalue weighted by Gasteiger charge is 2.29. The Bertz CT molecular complexity index is 850. The Balaban J connectivity index is 1.70. The Hall–Kier alpha value is -2.75. The van der Waals surface area contributed by atoms with E-state index in [0.29, 0.717) is 38.3 Å². The summed E-state index contributed by atoms with van der Waals surface area (Å²) in [5, 5.41) is 2.66. The van der Waals surface area contributed by atoms with E-state index in [1.165, 1.54) is 0 Å². The largest absolute Gasteiger partial charge is 0.493 e. The average molecular weight is 380 g/mol. The van der Waals surface area contributed by atoms with Gasteiger partial charge >= 0.3 is 6.03 Å². The van der Waals surface area contributed by atoms with Gasteiger partial charge in [-0.05, 0) is 6.07 Å². The van der Waals surface area contributed by atoms with Gasteiger partial charge in [-0.3, -0.25) is 4.99 Å². The maximum Gasteiger partial charge on any atom is 0.329 e. The summed E-state index contributed by atoms with van der Waals surface area (Å²) in [7, 11) is -4.21. The lowest BCUT2D eigenvalue weighted by atomic mass is 10.0. The summed E-state index contributed by atoms with van der Waals surface area (Å²) < 4.78 is 37.6. The number of sulfonamides is 1. The summed E-state index contributed by atoms with van der Waals surface area (Å²) in [6.07, 6.45) is 2.09. The Morgan fingerprint density at radius 2 is 2.08 bits per heavy atom. The molecular weight excluding hydrogens is 360 g/mol. The lowest BCUT2D eigenvalue weighted by molar-refractivity contribution is 0.227. The van der Waals surface area contributed by atoms with E-state index in [1.807, 2.05) is 22.9 Å². The third-order valence-corrected chi connectivity index (χ3v) is 5.28. The molecule has 0 saturated heterocycles. The third kappa shape index (κ3) is 3.90. The lowest BCUT2D eigenvalue weighted by Gasteiger charge is -2.26. The standard InChI is InChI=1S/C16H20N4O5S/c17-10-14(15-18-7-3-8-25-15)26(22,23)20-16(21)19-12-6-9-24-13-5-2-1-4-11(12)13/h1-2,4-5,10,12H,3,6-9,17H2,(H2,19,20,21). The number of rotatable bonds is 4. The molecular formula is C16H20N4O5S. The topological polar surface area (TPSA) is 132 Å². The number of para-hydroxylation sites is 1. The molecule has 26 heavy (non-hydrogen) atoms. The Labute approximate surface area is 151 Å². The lowest BCUT2D eigenvalue weighted by Crippen LogP contribution is -2.44. The normalized spacial score (nSPS) is 20.1. The number of benzene rings is 1. The van der Waals surface area contributed by atoms with Gasteiger partial charge in [-0.1, -0.05) is 18.2 Å². The first-order valence-corrected chi connectivity index (χ1v) is 9.64. The third-order valence-electron chi connectivity index (χ3n) is 3.94. The van der Waals surface area contributed by atoms with Crippen LogP contribution in [-0.2, 0) is 14.8 Å². The zero-order chi connectivity index (χ0) is 18.6. The second-order valence-electron chi connectivity index (χ2n) is 5.73. The van der Waals surface area contributed by atoms with Gasteiger partial charge in [0.2, 0.25) is 5.90 Å². The summed E-state index contributed by atoms with van der Waals surface area (Å²) in [4.78, 5) is 15.9. The molecule has 2 aliphatic rings. The van der Waals surface area contributed by atoms with Crippen LogP contribution in [0.4, 0.5) is 4.79 Å². The van der Waals surface area contributed by atoms with E-state index in [2.05, 4.69) is 10.3 Å². The number of hydrogen-bond donors (Lipinski definition) is 3. The molecule has 0 aromatic heterocycles. The van der Waals surface area contributed by atoms with Crippen LogP contribution in [0.15, 0.2) is 40.4 Å². The maximum atomic E-state index is 12.5. The molecule has 0 spiro atoms. The predicted octanol–water partition coefficient (Wildman–Crippen LogP) is 0.758. The van der Waals surface area contributed by atoms with E-state index in [4.69, 9.17) is 15.2 Å². The van der Waals surface area contributed by atoms with Crippen molar-refractivity contribution in [2.75, 3.05) is 19.8 Å². The van der Waals surface area contributed by atoms with Gasteiger partial charge in [0.1, 0.15) is 5.75 Å². The number of aliphatic imine (C=N–C) groups is 1. The minimum absolute atomic E-state index is 0.0875. The fraction of sp³-hybridized carbons (Fsp3) is 0.375. The van der Waals surface area contributed by atoms with Crippen LogP contribution in [0.3, 0.4) is 0 Å². The van der Waals surface area contributed by atoms with Crippen LogP contribution in [-0.4, -0.2) is 40.1 Å². The number of nitrogens with two attached hydrogens (primary N) is 1. The van der Waals surface area contributed by atoms with Crippen LogP contribution in [0.5, 0.6) is 5.75 Å². The van der Waals surface area contributed by atoms with Gasteiger partial charge in [0.15, 0.2) is 4.91 Å². The van der Waals surface area contributed by atoms with Crippen LogP contribution >= 0.6 is 0 Å². The van der Waals surface area contributed by atoms with Gasteiger partial charge in [-0.15, -0.1) is 0 Å². The van der Waals surface area contributed by atoms with Crippen molar-refractivity contribution in [3.05, 3.63) is 40.9 Å². The zero-order valence-corrected chi connectivity index (χ0v) is 14.8. The maximum absolute atomic E-state index is 12.5. The summed E-state index contributed by atoms with van der Waals surface area (Å²) in [5.41, 5.74) is 6.22. The van der Waals surface area contributed by atoms with Crippen LogP contribution in [0, 0.1) is 0 Å². The van der Waals surface area contributed by atoms with E-state index >= 15 is 0 Å². The number of nitrogens with one attached hydrogen (secondary N) is 2. The Morgan fingerprint density at radius 1 is 1.27 bits per heavy atom. The first kappa shape index (κ1) is 18.1. The minimum Gasteiger partial charge on any atom is -0.493 e. The SMILES string of the molecule is NC=C(C1=NCCCO1)S(=O)(=O)NC(=O)NC1CCOc2ccccc21. The number of hydrogen-bond acceptors (Lipinski definition) is 7. The summed E-state index contributed by atoms with van der Waals surface area (Å²) >= 11 is 0. The first-order chi connectivity index (χ1) is 12.5. The molecule has 0 bridgehead atoms. The van der Waals surface area contributed by atoms with Gasteiger partial charge in [0, 0.05) is 31.1 Å². The summed E-state index contributed by atoms with van der Waals surface area (Å²) in [6, 6.07) is 6.06. The molecule has 140 valence electrons. The monoisotopic (exact) mass is 380 g/mol. The van der Waals surface area contributed by atoms with E-state index in [0.717, 1.165) is 11.8 Å². The van der Waals surface area contributed by atoms with Gasteiger partial charge in [0.25, 0.3) is 10.0 Å². The van der Waals surface area contributed by atoms with Crippen molar-refractivity contribution >= 4 is 22.0 Å². The molecule has 4 N–H and O–H groups in total. The van der Waals surface area contributed by atoms with Crippen LogP contribution in [0.1, 0.15) is 24.4 Å². The quantitative estimate of drug-likeness (QED) is 0.706. The Kier molecular flexibility index (Phi) is 5.31. The molecule has 2 aliphatic heterocycles. The second-order valence-corrected chi connectivity index (χ2v) is 7.38. The highest BCUT2D eigenvalue weighted by Crippen LogP contribution is 2.31. The number of carbonyl (C=O) groups excluding carboxylic acids is 1. The molecule has 1 unspecified atom stereocenters. The van der Waals surface area contributed by atoms with Crippen molar-refractivity contribution in [2.24, 2.45) is 10.7 Å². The molecule has 9 nitrogen and oxygen atoms in total. The van der Waals surface area contributed by atoms with E-state index in [1.54, 1.807) is 6.07 Å². The average Bonchev–Trinajstić information content (AvgIpc) is 2.63. The summed E-state index contributed by atoms with van der Waals surface area (Å²) in [6.45, 7) is 1.21. The van der Waals surface area contributed by atoms with Gasteiger partial charge < -0.3 is 20.5 Å². The number of amides is 2. The van der Waals surface area contributed by atoms with Crippen molar-refractivity contribution in [1.82, 2.24) is 10.0 Å². The molecule has 1 aromatic carbocycles. The summed E-state index contributed by atoms with van der Waals surface area (Å²) in [5.74, 6) is 0.579. The molecule has 2 amide bonds. The molecule has 3 rings (SSSR count). The van der Waals surface area contributed by atoms with Crippen LogP contribution in [0.2, 0.25) is 0 Å².